The fourth-order valence-electron chi connectivity index (χ4n) is 7.32. The standard InChI is InChI=1S/C27H46O16/c28-7-17-19(34)21(36)23(38)26(41-17)43-25-22(37)20(35)18(8-29)42-27(25)40-16-6-11-13(32)4-10(30)5-15(11)39-24(16)9-1-2-12(31)14(33)3-9/h9-38H,1-8H2/p+1. The van der Waals surface area contributed by atoms with Gasteiger partial charge in [-0.1, -0.05) is 0 Å². The normalized spacial score (nSPS) is 54.6. The molecule has 0 aromatic heterocycles. The van der Waals surface area contributed by atoms with Crippen LogP contribution in [0.5, 0.6) is 0 Å². The lowest BCUT2D eigenvalue weighted by Gasteiger charge is -2.49. The number of aliphatic hydroxyl groups excluding tert-OH is 11. The Hall–Kier alpha value is -0.640. The fourth-order valence-corrected chi connectivity index (χ4v) is 7.32. The number of ether oxygens (including phenoxy) is 5. The minimum atomic E-state index is -1.82. The summed E-state index contributed by atoms with van der Waals surface area (Å²) in [5, 5.41) is 114. The van der Waals surface area contributed by atoms with Gasteiger partial charge in [-0.2, -0.15) is 0 Å². The lowest BCUT2D eigenvalue weighted by molar-refractivity contribution is -0.387. The van der Waals surface area contributed by atoms with Gasteiger partial charge in [0.1, 0.15) is 54.9 Å². The van der Waals surface area contributed by atoms with E-state index >= 15 is 0 Å². The van der Waals surface area contributed by atoms with Crippen molar-refractivity contribution < 1.29 is 79.9 Å². The summed E-state index contributed by atoms with van der Waals surface area (Å²) in [6.07, 6.45) is -19.6. The summed E-state index contributed by atoms with van der Waals surface area (Å²) in [6, 6.07) is 0. The zero-order chi connectivity index (χ0) is 31.2. The Morgan fingerprint density at radius 2 is 1.26 bits per heavy atom. The number of hydrogen-bond donors (Lipinski definition) is 11. The summed E-state index contributed by atoms with van der Waals surface area (Å²) in [5.74, 6) is -0.639. The lowest BCUT2D eigenvalue weighted by atomic mass is 9.72. The average molecular weight is 628 g/mol. The van der Waals surface area contributed by atoms with E-state index in [1.165, 1.54) is 0 Å². The first-order chi connectivity index (χ1) is 20.4. The molecule has 0 aromatic rings. The van der Waals surface area contributed by atoms with Gasteiger partial charge < -0.3 is 79.9 Å². The van der Waals surface area contributed by atoms with Crippen LogP contribution in [0.2, 0.25) is 0 Å². The predicted molar refractivity (Wildman–Crippen MR) is 140 cm³/mol. The molecule has 5 aliphatic rings. The smallest absolute Gasteiger partial charge is 0.187 e. The molecular weight excluding hydrogens is 580 g/mol. The van der Waals surface area contributed by atoms with Crippen molar-refractivity contribution in [2.45, 2.75) is 143 Å². The van der Waals surface area contributed by atoms with Gasteiger partial charge in [-0.25, -0.2) is 0 Å². The van der Waals surface area contributed by atoms with Crippen LogP contribution in [0.25, 0.3) is 0 Å². The molecule has 43 heavy (non-hydrogen) atoms. The summed E-state index contributed by atoms with van der Waals surface area (Å²) >= 11 is 0. The van der Waals surface area contributed by atoms with E-state index in [0.717, 1.165) is 0 Å². The van der Waals surface area contributed by atoms with Crippen molar-refractivity contribution in [2.24, 2.45) is 11.8 Å². The highest BCUT2D eigenvalue weighted by Gasteiger charge is 2.56. The maximum atomic E-state index is 11.0. The Bertz CT molecular complexity index is 897. The topological polar surface area (TPSA) is 272 Å². The number of hydrogen-bond acceptors (Lipinski definition) is 15. The summed E-state index contributed by atoms with van der Waals surface area (Å²) in [5.41, 5.74) is 0. The SMILES string of the molecule is OCC1OC(OC2C(OC3CC4C(O)CC(O)CC4[OH+]C3C3CCC(O)C(O)C3)OC(CO)C(O)C2O)C(O)C(O)C1O. The monoisotopic (exact) mass is 627 g/mol. The van der Waals surface area contributed by atoms with Crippen LogP contribution in [0.3, 0.4) is 0 Å². The van der Waals surface area contributed by atoms with Gasteiger partial charge in [-0.15, -0.1) is 0 Å². The molecule has 16 nitrogen and oxygen atoms in total. The molecule has 0 bridgehead atoms. The van der Waals surface area contributed by atoms with Crippen molar-refractivity contribution in [2.75, 3.05) is 13.2 Å². The van der Waals surface area contributed by atoms with Crippen molar-refractivity contribution in [1.29, 1.82) is 0 Å². The molecule has 0 radical (unpaired) electrons. The highest BCUT2D eigenvalue weighted by atomic mass is 16.8. The highest BCUT2D eigenvalue weighted by molar-refractivity contribution is 4.99. The summed E-state index contributed by atoms with van der Waals surface area (Å²) in [4.78, 5) is 0. The summed E-state index contributed by atoms with van der Waals surface area (Å²) < 4.78 is 28.4. The quantitative estimate of drug-likeness (QED) is 0.117. The lowest BCUT2D eigenvalue weighted by Crippen LogP contribution is -2.66. The molecule has 5 fully saturated rings. The predicted octanol–water partition coefficient (Wildman–Crippen LogP) is -5.68. The van der Waals surface area contributed by atoms with E-state index in [0.29, 0.717) is 19.3 Å². The Balaban J connectivity index is 1.40. The Labute approximate surface area is 248 Å². The second-order valence-electron chi connectivity index (χ2n) is 12.7. The van der Waals surface area contributed by atoms with Crippen molar-refractivity contribution in [3.05, 3.63) is 0 Å². The molecule has 3 aliphatic heterocycles. The molecule has 19 unspecified atom stereocenters. The summed E-state index contributed by atoms with van der Waals surface area (Å²) in [7, 11) is 0. The second kappa shape index (κ2) is 14.0. The molecule has 2 aliphatic carbocycles. The van der Waals surface area contributed by atoms with Crippen molar-refractivity contribution in [3.63, 3.8) is 0 Å². The minimum Gasteiger partial charge on any atom is -0.427 e. The van der Waals surface area contributed by atoms with Gasteiger partial charge in [0.2, 0.25) is 0 Å². The highest BCUT2D eigenvalue weighted by Crippen LogP contribution is 2.42. The van der Waals surface area contributed by atoms with Gasteiger partial charge in [0.15, 0.2) is 24.8 Å². The third kappa shape index (κ3) is 6.90. The molecule has 2 saturated carbocycles. The Kier molecular flexibility index (Phi) is 11.0. The maximum Gasteiger partial charge on any atom is 0.187 e. The zero-order valence-electron chi connectivity index (χ0n) is 23.6. The van der Waals surface area contributed by atoms with Crippen LogP contribution in [0.15, 0.2) is 0 Å². The first kappa shape index (κ1) is 33.7. The van der Waals surface area contributed by atoms with E-state index in [4.69, 9.17) is 23.7 Å². The fraction of sp³-hybridized carbons (Fsp3) is 1.00. The van der Waals surface area contributed by atoms with E-state index in [1.54, 1.807) is 0 Å². The van der Waals surface area contributed by atoms with Crippen molar-refractivity contribution >= 4 is 0 Å². The van der Waals surface area contributed by atoms with Crippen molar-refractivity contribution in [1.82, 2.24) is 0 Å². The van der Waals surface area contributed by atoms with Gasteiger partial charge >= 0.3 is 0 Å². The molecule has 5 rings (SSSR count). The van der Waals surface area contributed by atoms with Gasteiger partial charge in [-0.05, 0) is 25.7 Å². The van der Waals surface area contributed by atoms with Crippen LogP contribution in [-0.2, 0) is 18.9 Å². The van der Waals surface area contributed by atoms with E-state index in [2.05, 4.69) is 0 Å². The largest absolute Gasteiger partial charge is 0.427 e. The molecule has 19 atom stereocenters. The molecule has 0 amide bonds. The molecule has 12 N–H and O–H groups in total. The molecular formula is C27H47O16+. The summed E-state index contributed by atoms with van der Waals surface area (Å²) in [6.45, 7) is -1.42. The van der Waals surface area contributed by atoms with Crippen LogP contribution in [0.4, 0.5) is 0 Å². The van der Waals surface area contributed by atoms with Crippen LogP contribution in [-0.4, -0.2) is 178 Å². The Morgan fingerprint density at radius 3 is 1.91 bits per heavy atom. The molecule has 3 heterocycles. The molecule has 3 saturated heterocycles. The van der Waals surface area contributed by atoms with E-state index in [-0.39, 0.29) is 31.1 Å². The Morgan fingerprint density at radius 1 is 0.605 bits per heavy atom. The van der Waals surface area contributed by atoms with Crippen LogP contribution < -0.4 is 0 Å². The third-order valence-electron chi connectivity index (χ3n) is 9.84. The third-order valence-corrected chi connectivity index (χ3v) is 9.84. The van der Waals surface area contributed by atoms with Crippen LogP contribution in [0, 0.1) is 11.8 Å². The van der Waals surface area contributed by atoms with Crippen LogP contribution in [0.1, 0.15) is 38.5 Å². The molecule has 16 heteroatoms. The van der Waals surface area contributed by atoms with Gasteiger partial charge in [0, 0.05) is 18.8 Å². The van der Waals surface area contributed by atoms with Gasteiger partial charge in [0.25, 0.3) is 0 Å². The van der Waals surface area contributed by atoms with Crippen LogP contribution >= 0.6 is 0 Å². The van der Waals surface area contributed by atoms with Gasteiger partial charge in [-0.3, -0.25) is 0 Å². The van der Waals surface area contributed by atoms with Gasteiger partial charge in [0.05, 0.1) is 43.5 Å². The van der Waals surface area contributed by atoms with E-state index < -0.39 is 117 Å². The number of rotatable bonds is 7. The van der Waals surface area contributed by atoms with E-state index in [9.17, 15) is 56.2 Å². The maximum absolute atomic E-state index is 11.0. The molecule has 0 aromatic carbocycles. The number of fused-ring (bicyclic) bond motifs is 1. The minimum absolute atomic E-state index is 0.155. The zero-order valence-corrected chi connectivity index (χ0v) is 23.6. The average Bonchev–Trinajstić information content (AvgIpc) is 2.98. The molecule has 0 spiro atoms. The van der Waals surface area contributed by atoms with Crippen molar-refractivity contribution in [3.8, 4) is 0 Å². The first-order valence-electron chi connectivity index (χ1n) is 15.1. The van der Waals surface area contributed by atoms with E-state index in [1.807, 2.05) is 0 Å². The molecule has 250 valence electrons. The second-order valence-corrected chi connectivity index (χ2v) is 12.7. The number of aliphatic hydroxyl groups is 13. The first-order valence-corrected chi connectivity index (χ1v) is 15.1.